The van der Waals surface area contributed by atoms with Crippen molar-refractivity contribution in [2.75, 3.05) is 5.75 Å². The highest BCUT2D eigenvalue weighted by atomic mass is 32.2. The second-order valence-corrected chi connectivity index (χ2v) is 9.05. The summed E-state index contributed by atoms with van der Waals surface area (Å²) in [6.07, 6.45) is 2.84. The van der Waals surface area contributed by atoms with Crippen molar-refractivity contribution < 1.29 is 19.5 Å². The average Bonchev–Trinajstić information content (AvgIpc) is 3.37. The van der Waals surface area contributed by atoms with E-state index in [9.17, 15) is 19.5 Å². The first-order chi connectivity index (χ1) is 16.5. The highest BCUT2D eigenvalue weighted by Gasteiger charge is 2.68. The minimum absolute atomic E-state index is 0.0704. The number of β-lactam (4-membered cyclic amide) rings is 1. The van der Waals surface area contributed by atoms with Crippen LogP contribution in [0.25, 0.3) is 0 Å². The van der Waals surface area contributed by atoms with Crippen molar-refractivity contribution in [3.05, 3.63) is 89.9 Å². The Morgan fingerprint density at radius 2 is 1.76 bits per heavy atom. The van der Waals surface area contributed by atoms with Crippen LogP contribution in [-0.4, -0.2) is 64.7 Å². The van der Waals surface area contributed by atoms with E-state index in [1.54, 1.807) is 0 Å². The number of thioether (sulfide) groups is 1. The zero-order valence-corrected chi connectivity index (χ0v) is 18.6. The fourth-order valence-electron chi connectivity index (χ4n) is 4.63. The summed E-state index contributed by atoms with van der Waals surface area (Å²) in [7, 11) is 0. The van der Waals surface area contributed by atoms with Gasteiger partial charge in [0.05, 0.1) is 0 Å². The van der Waals surface area contributed by atoms with Crippen molar-refractivity contribution in [3.8, 4) is 0 Å². The molecule has 0 aliphatic carbocycles. The Morgan fingerprint density at radius 3 is 2.32 bits per heavy atom. The van der Waals surface area contributed by atoms with E-state index < -0.39 is 34.6 Å². The van der Waals surface area contributed by atoms with Gasteiger partial charge >= 0.3 is 5.97 Å². The third-order valence-corrected chi connectivity index (χ3v) is 7.23. The number of hydrogen-bond acceptors (Lipinski definition) is 7. The molecule has 11 heteroatoms. The molecule has 5 rings (SSSR count). The maximum atomic E-state index is 13.9. The van der Waals surface area contributed by atoms with E-state index in [1.165, 1.54) is 33.7 Å². The van der Waals surface area contributed by atoms with Crippen molar-refractivity contribution in [1.82, 2.24) is 30.4 Å². The van der Waals surface area contributed by atoms with E-state index in [4.69, 9.17) is 0 Å². The molecule has 1 unspecified atom stereocenters. The summed E-state index contributed by atoms with van der Waals surface area (Å²) in [5, 5.41) is 22.9. The lowest BCUT2D eigenvalue weighted by Gasteiger charge is -2.59. The van der Waals surface area contributed by atoms with Crippen LogP contribution in [-0.2, 0) is 20.9 Å². The summed E-state index contributed by atoms with van der Waals surface area (Å²) < 4.78 is 1.26. The first-order valence-corrected chi connectivity index (χ1v) is 11.6. The van der Waals surface area contributed by atoms with Gasteiger partial charge in [-0.05, 0) is 27.6 Å². The first kappa shape index (κ1) is 21.8. The molecule has 0 radical (unpaired) electrons. The quantitative estimate of drug-likeness (QED) is 0.487. The van der Waals surface area contributed by atoms with Gasteiger partial charge in [0.25, 0.3) is 5.91 Å². The second-order valence-electron chi connectivity index (χ2n) is 7.93. The Morgan fingerprint density at radius 1 is 1.12 bits per heavy atom. The van der Waals surface area contributed by atoms with E-state index in [-0.39, 0.29) is 12.2 Å². The van der Waals surface area contributed by atoms with Crippen LogP contribution in [0.4, 0.5) is 0 Å². The van der Waals surface area contributed by atoms with Gasteiger partial charge in [-0.2, -0.15) is 0 Å². The highest BCUT2D eigenvalue weighted by molar-refractivity contribution is 8.00. The number of carbonyl (C=O) groups excluding carboxylic acids is 2. The summed E-state index contributed by atoms with van der Waals surface area (Å²) in [5.41, 5.74) is 0.180. The Bertz CT molecular complexity index is 1210. The minimum Gasteiger partial charge on any atom is -0.477 e. The molecule has 1 saturated heterocycles. The SMILES string of the molecule is O=C(Cn1cnnn1)NC1(C(c2ccccc2)c2ccccc2)C(=O)N2C(C(=O)O)=CCS[C@H]21. The van der Waals surface area contributed by atoms with Gasteiger partial charge in [0.2, 0.25) is 5.91 Å². The minimum atomic E-state index is -1.41. The molecule has 0 bridgehead atoms. The van der Waals surface area contributed by atoms with Crippen molar-refractivity contribution in [2.45, 2.75) is 23.4 Å². The molecule has 2 atom stereocenters. The molecule has 2 N–H and O–H groups in total. The number of nitrogens with one attached hydrogen (secondary N) is 1. The molecule has 1 fully saturated rings. The lowest BCUT2D eigenvalue weighted by molar-refractivity contribution is -0.160. The van der Waals surface area contributed by atoms with E-state index in [2.05, 4.69) is 20.8 Å². The van der Waals surface area contributed by atoms with E-state index in [0.717, 1.165) is 11.1 Å². The van der Waals surface area contributed by atoms with E-state index in [1.807, 2.05) is 60.7 Å². The molecule has 172 valence electrons. The summed E-state index contributed by atoms with van der Waals surface area (Å²) in [6, 6.07) is 18.9. The van der Waals surface area contributed by atoms with E-state index >= 15 is 0 Å². The Labute approximate surface area is 198 Å². The van der Waals surface area contributed by atoms with Crippen molar-refractivity contribution in [1.29, 1.82) is 0 Å². The number of aromatic nitrogens is 4. The molecular weight excluding hydrogens is 456 g/mol. The van der Waals surface area contributed by atoms with Crippen molar-refractivity contribution in [2.24, 2.45) is 0 Å². The van der Waals surface area contributed by atoms with Crippen LogP contribution < -0.4 is 5.32 Å². The van der Waals surface area contributed by atoms with Crippen LogP contribution in [0.3, 0.4) is 0 Å². The number of rotatable bonds is 7. The zero-order chi connectivity index (χ0) is 23.7. The Hall–Kier alpha value is -3.99. The van der Waals surface area contributed by atoms with Gasteiger partial charge < -0.3 is 10.4 Å². The third kappa shape index (κ3) is 3.54. The maximum absolute atomic E-state index is 13.9. The predicted octanol–water partition coefficient (Wildman–Crippen LogP) is 1.24. The standard InChI is InChI=1S/C23H20N6O4S/c30-18(13-28-14-24-26-27-28)25-23(21(33)29-17(20(31)32)11-12-34-22(23)29)19(15-7-3-1-4-8-15)16-9-5-2-6-10-16/h1-11,14,19,22H,12-13H2,(H,25,30)(H,31,32)/t22-,23?/m0/s1. The fourth-order valence-corrected chi connectivity index (χ4v) is 5.98. The number of benzene rings is 2. The third-order valence-electron chi connectivity index (χ3n) is 5.97. The summed E-state index contributed by atoms with van der Waals surface area (Å²) in [5.74, 6) is -2.26. The first-order valence-electron chi connectivity index (χ1n) is 10.5. The van der Waals surface area contributed by atoms with Gasteiger partial charge in [-0.15, -0.1) is 16.9 Å². The lowest BCUT2D eigenvalue weighted by Crippen LogP contribution is -2.81. The Kier molecular flexibility index (Phi) is 5.62. The molecule has 0 saturated carbocycles. The number of aliphatic carboxylic acids is 1. The van der Waals surface area contributed by atoms with Gasteiger partial charge in [-0.25, -0.2) is 9.48 Å². The van der Waals surface area contributed by atoms with Gasteiger partial charge in [0.15, 0.2) is 5.54 Å². The fraction of sp³-hybridized carbons (Fsp3) is 0.217. The van der Waals surface area contributed by atoms with Crippen LogP contribution in [0.2, 0.25) is 0 Å². The normalized spacial score (nSPS) is 21.4. The average molecular weight is 477 g/mol. The summed E-state index contributed by atoms with van der Waals surface area (Å²) in [4.78, 5) is 40.2. The van der Waals surface area contributed by atoms with Crippen LogP contribution in [0.5, 0.6) is 0 Å². The maximum Gasteiger partial charge on any atom is 0.352 e. The van der Waals surface area contributed by atoms with Crippen LogP contribution in [0.15, 0.2) is 78.8 Å². The van der Waals surface area contributed by atoms with Gasteiger partial charge in [0, 0.05) is 11.7 Å². The molecule has 2 aliphatic heterocycles. The van der Waals surface area contributed by atoms with Crippen LogP contribution >= 0.6 is 11.8 Å². The number of carboxylic acids is 1. The topological polar surface area (TPSA) is 130 Å². The number of hydrogen-bond donors (Lipinski definition) is 2. The van der Waals surface area contributed by atoms with E-state index in [0.29, 0.717) is 5.75 Å². The largest absolute Gasteiger partial charge is 0.477 e. The van der Waals surface area contributed by atoms with Gasteiger partial charge in [-0.1, -0.05) is 60.7 Å². The number of nitrogens with zero attached hydrogens (tertiary/aromatic N) is 5. The summed E-state index contributed by atoms with van der Waals surface area (Å²) in [6.45, 7) is -0.183. The molecule has 3 heterocycles. The molecule has 3 aromatic rings. The molecule has 2 aliphatic rings. The van der Waals surface area contributed by atoms with Gasteiger partial charge in [-0.3, -0.25) is 14.5 Å². The number of carboxylic acid groups (broad SMARTS) is 1. The predicted molar refractivity (Wildman–Crippen MR) is 122 cm³/mol. The molecule has 1 aromatic heterocycles. The second kappa shape index (κ2) is 8.75. The number of carbonyl (C=O) groups is 3. The highest BCUT2D eigenvalue weighted by Crippen LogP contribution is 2.52. The summed E-state index contributed by atoms with van der Waals surface area (Å²) >= 11 is 1.42. The lowest BCUT2D eigenvalue weighted by atomic mass is 9.68. The molecule has 2 amide bonds. The number of tetrazole rings is 1. The number of fused-ring (bicyclic) bond motifs is 1. The van der Waals surface area contributed by atoms with Gasteiger partial charge in [0.1, 0.15) is 23.9 Å². The van der Waals surface area contributed by atoms with Crippen LogP contribution in [0.1, 0.15) is 17.0 Å². The smallest absolute Gasteiger partial charge is 0.352 e. The zero-order valence-electron chi connectivity index (χ0n) is 17.8. The van der Waals surface area contributed by atoms with Crippen LogP contribution in [0, 0.1) is 0 Å². The molecule has 10 nitrogen and oxygen atoms in total. The molecule has 2 aromatic carbocycles. The molecule has 34 heavy (non-hydrogen) atoms. The van der Waals surface area contributed by atoms with Crippen molar-refractivity contribution in [3.63, 3.8) is 0 Å². The number of amides is 2. The molecular formula is C23H20N6O4S. The monoisotopic (exact) mass is 476 g/mol. The van der Waals surface area contributed by atoms with Crippen molar-refractivity contribution >= 4 is 29.5 Å². The molecule has 0 spiro atoms. The Balaban J connectivity index is 1.63.